The van der Waals surface area contributed by atoms with Crippen molar-refractivity contribution in [3.05, 3.63) is 83.7 Å². The van der Waals surface area contributed by atoms with Crippen molar-refractivity contribution in [3.63, 3.8) is 0 Å². The fourth-order valence-electron chi connectivity index (χ4n) is 4.86. The molecule has 1 N–H and O–H groups in total. The van der Waals surface area contributed by atoms with Gasteiger partial charge in [0.2, 0.25) is 5.91 Å². The van der Waals surface area contributed by atoms with Crippen LogP contribution in [0.15, 0.2) is 66.7 Å². The molecule has 33 heavy (non-hydrogen) atoms. The van der Waals surface area contributed by atoms with Crippen LogP contribution in [0.4, 0.5) is 9.18 Å². The minimum absolute atomic E-state index is 0.189. The number of hydrogen-bond donors (Lipinski definition) is 1. The molecule has 3 aromatic rings. The molecule has 0 bridgehead atoms. The minimum atomic E-state index is -1.25. The van der Waals surface area contributed by atoms with Gasteiger partial charge in [0.1, 0.15) is 17.9 Å². The van der Waals surface area contributed by atoms with Gasteiger partial charge in [-0.15, -0.1) is 0 Å². The molecule has 6 nitrogen and oxygen atoms in total. The number of urea groups is 1. The van der Waals surface area contributed by atoms with E-state index < -0.39 is 17.5 Å². The number of carbonyl (C=O) groups excluding carboxylic acids is 3. The molecule has 0 aliphatic carbocycles. The summed E-state index contributed by atoms with van der Waals surface area (Å²) in [6.07, 6.45) is 1.56. The highest BCUT2D eigenvalue weighted by Crippen LogP contribution is 2.34. The van der Waals surface area contributed by atoms with Crippen LogP contribution in [0, 0.1) is 5.82 Å². The fraction of sp³-hybridized carbons (Fsp3) is 0.269. The molecule has 168 valence electrons. The maximum Gasteiger partial charge on any atom is 0.325 e. The van der Waals surface area contributed by atoms with E-state index in [-0.39, 0.29) is 24.3 Å². The number of nitrogens with one attached hydrogen (secondary N) is 1. The summed E-state index contributed by atoms with van der Waals surface area (Å²) < 4.78 is 13.3. The number of hydrogen-bond acceptors (Lipinski definition) is 3. The Labute approximate surface area is 191 Å². The van der Waals surface area contributed by atoms with Crippen LogP contribution in [0.25, 0.3) is 10.8 Å². The second kappa shape index (κ2) is 7.99. The smallest absolute Gasteiger partial charge is 0.325 e. The minimum Gasteiger partial charge on any atom is -0.334 e. The first-order chi connectivity index (χ1) is 15.9. The molecule has 0 saturated carbocycles. The summed E-state index contributed by atoms with van der Waals surface area (Å²) in [5.74, 6) is -1.08. The van der Waals surface area contributed by atoms with Crippen molar-refractivity contribution in [1.29, 1.82) is 0 Å². The summed E-state index contributed by atoms with van der Waals surface area (Å²) in [6.45, 7) is 1.87. The standard InChI is InChI=1S/C26H24FN3O3/c1-26(20-11-8-17-5-2-3-6-19(17)15-20)24(32)30(25(33)28-26)16-23(31)29-14-4-7-22(29)18-9-12-21(27)13-10-18/h2-3,5-6,8-13,15,22H,4,7,14,16H2,1H3,(H,28,33). The van der Waals surface area contributed by atoms with Crippen molar-refractivity contribution in [2.24, 2.45) is 0 Å². The molecule has 0 aromatic heterocycles. The van der Waals surface area contributed by atoms with Crippen LogP contribution in [-0.2, 0) is 15.1 Å². The average molecular weight is 445 g/mol. The molecule has 2 aliphatic heterocycles. The van der Waals surface area contributed by atoms with Gasteiger partial charge < -0.3 is 10.2 Å². The van der Waals surface area contributed by atoms with Crippen molar-refractivity contribution in [3.8, 4) is 0 Å². The van der Waals surface area contributed by atoms with Crippen molar-refractivity contribution in [1.82, 2.24) is 15.1 Å². The molecule has 2 fully saturated rings. The SMILES string of the molecule is CC1(c2ccc3ccccc3c2)NC(=O)N(CC(=O)N2CCCC2c2ccc(F)cc2)C1=O. The van der Waals surface area contributed by atoms with Crippen LogP contribution in [-0.4, -0.2) is 40.7 Å². The maximum atomic E-state index is 13.3. The lowest BCUT2D eigenvalue weighted by Crippen LogP contribution is -2.44. The van der Waals surface area contributed by atoms with Crippen LogP contribution in [0.3, 0.4) is 0 Å². The van der Waals surface area contributed by atoms with Crippen LogP contribution >= 0.6 is 0 Å². The van der Waals surface area contributed by atoms with E-state index in [2.05, 4.69) is 5.32 Å². The molecule has 2 aliphatic rings. The quantitative estimate of drug-likeness (QED) is 0.615. The number of imide groups is 1. The van der Waals surface area contributed by atoms with Crippen LogP contribution in [0.2, 0.25) is 0 Å². The lowest BCUT2D eigenvalue weighted by atomic mass is 9.90. The van der Waals surface area contributed by atoms with E-state index in [1.165, 1.54) is 12.1 Å². The normalized spacial score (nSPS) is 22.8. The summed E-state index contributed by atoms with van der Waals surface area (Å²) in [5, 5.41) is 4.78. The van der Waals surface area contributed by atoms with E-state index in [0.717, 1.165) is 34.1 Å². The predicted octanol–water partition coefficient (Wildman–Crippen LogP) is 4.11. The second-order valence-corrected chi connectivity index (χ2v) is 8.81. The summed E-state index contributed by atoms with van der Waals surface area (Å²) in [4.78, 5) is 41.9. The van der Waals surface area contributed by atoms with E-state index in [0.29, 0.717) is 12.1 Å². The number of fused-ring (bicyclic) bond motifs is 1. The Bertz CT molecular complexity index is 1260. The van der Waals surface area contributed by atoms with E-state index in [1.54, 1.807) is 24.0 Å². The Kier molecular flexibility index (Phi) is 5.12. The number of benzene rings is 3. The molecule has 0 spiro atoms. The lowest BCUT2D eigenvalue weighted by Gasteiger charge is -2.27. The highest BCUT2D eigenvalue weighted by atomic mass is 19.1. The van der Waals surface area contributed by atoms with E-state index >= 15 is 0 Å². The largest absolute Gasteiger partial charge is 0.334 e. The third-order valence-electron chi connectivity index (χ3n) is 6.72. The zero-order valence-electron chi connectivity index (χ0n) is 18.3. The van der Waals surface area contributed by atoms with Gasteiger partial charge >= 0.3 is 6.03 Å². The summed E-state index contributed by atoms with van der Waals surface area (Å²) in [5.41, 5.74) is 0.267. The number of nitrogens with zero attached hydrogens (tertiary/aromatic N) is 2. The summed E-state index contributed by atoms with van der Waals surface area (Å²) in [7, 11) is 0. The average Bonchev–Trinajstić information content (AvgIpc) is 3.39. The molecule has 2 saturated heterocycles. The first kappa shape index (κ1) is 21.1. The molecule has 2 heterocycles. The molecular weight excluding hydrogens is 421 g/mol. The maximum absolute atomic E-state index is 13.3. The number of rotatable bonds is 4. The summed E-state index contributed by atoms with van der Waals surface area (Å²) >= 11 is 0. The third-order valence-corrected chi connectivity index (χ3v) is 6.72. The second-order valence-electron chi connectivity index (χ2n) is 8.81. The van der Waals surface area contributed by atoms with Crippen molar-refractivity contribution < 1.29 is 18.8 Å². The number of halogens is 1. The Morgan fingerprint density at radius 1 is 1.06 bits per heavy atom. The van der Waals surface area contributed by atoms with Gasteiger partial charge in [-0.05, 0) is 59.9 Å². The van der Waals surface area contributed by atoms with Gasteiger partial charge in [0.25, 0.3) is 5.91 Å². The van der Waals surface area contributed by atoms with Crippen LogP contribution in [0.5, 0.6) is 0 Å². The topological polar surface area (TPSA) is 69.7 Å². The number of amides is 4. The first-order valence-corrected chi connectivity index (χ1v) is 11.1. The third kappa shape index (κ3) is 3.63. The van der Waals surface area contributed by atoms with Crippen molar-refractivity contribution >= 4 is 28.6 Å². The zero-order chi connectivity index (χ0) is 23.2. The molecule has 5 rings (SSSR count). The van der Waals surface area contributed by atoms with Crippen LogP contribution < -0.4 is 5.32 Å². The highest BCUT2D eigenvalue weighted by Gasteiger charge is 2.50. The Morgan fingerprint density at radius 2 is 1.79 bits per heavy atom. The fourth-order valence-corrected chi connectivity index (χ4v) is 4.86. The molecule has 0 radical (unpaired) electrons. The van der Waals surface area contributed by atoms with E-state index in [1.807, 2.05) is 42.5 Å². The number of carbonyl (C=O) groups is 3. The molecule has 2 unspecified atom stereocenters. The van der Waals surface area contributed by atoms with Gasteiger partial charge in [0, 0.05) is 6.54 Å². The molecule has 2 atom stereocenters. The van der Waals surface area contributed by atoms with Crippen molar-refractivity contribution in [2.45, 2.75) is 31.3 Å². The van der Waals surface area contributed by atoms with Gasteiger partial charge in [0.05, 0.1) is 6.04 Å². The van der Waals surface area contributed by atoms with E-state index in [9.17, 15) is 18.8 Å². The van der Waals surface area contributed by atoms with Gasteiger partial charge in [-0.2, -0.15) is 0 Å². The highest BCUT2D eigenvalue weighted by molar-refractivity contribution is 6.09. The predicted molar refractivity (Wildman–Crippen MR) is 122 cm³/mol. The first-order valence-electron chi connectivity index (χ1n) is 11.1. The number of likely N-dealkylation sites (tertiary alicyclic amines) is 1. The Morgan fingerprint density at radius 3 is 2.55 bits per heavy atom. The van der Waals surface area contributed by atoms with Crippen molar-refractivity contribution in [2.75, 3.05) is 13.1 Å². The molecule has 3 aromatic carbocycles. The van der Waals surface area contributed by atoms with E-state index in [4.69, 9.17) is 0 Å². The Hall–Kier alpha value is -3.74. The van der Waals surface area contributed by atoms with Gasteiger partial charge in [0.15, 0.2) is 0 Å². The van der Waals surface area contributed by atoms with Gasteiger partial charge in [-0.1, -0.05) is 48.5 Å². The molecule has 4 amide bonds. The zero-order valence-corrected chi connectivity index (χ0v) is 18.3. The summed E-state index contributed by atoms with van der Waals surface area (Å²) in [6, 6.07) is 18.8. The Balaban J connectivity index is 1.36. The molecular formula is C26H24FN3O3. The van der Waals surface area contributed by atoms with Gasteiger partial charge in [-0.25, -0.2) is 9.18 Å². The monoisotopic (exact) mass is 445 g/mol. The van der Waals surface area contributed by atoms with Crippen LogP contribution in [0.1, 0.15) is 36.9 Å². The van der Waals surface area contributed by atoms with Gasteiger partial charge in [-0.3, -0.25) is 14.5 Å². The molecule has 7 heteroatoms. The lowest BCUT2D eigenvalue weighted by molar-refractivity contribution is -0.139.